The van der Waals surface area contributed by atoms with E-state index in [0.717, 1.165) is 51.0 Å². The van der Waals surface area contributed by atoms with Gasteiger partial charge in [-0.15, -0.1) is 0 Å². The van der Waals surface area contributed by atoms with Gasteiger partial charge in [0.15, 0.2) is 0 Å². The van der Waals surface area contributed by atoms with Gasteiger partial charge in [0, 0.05) is 42.7 Å². The lowest BCUT2D eigenvalue weighted by molar-refractivity contribution is -0.130. The number of hydrogen-bond donors (Lipinski definition) is 1. The molecular weight excluding hydrogens is 324 g/mol. The smallest absolute Gasteiger partial charge is 0.222 e. The first kappa shape index (κ1) is 17.3. The first-order valence-electron chi connectivity index (χ1n) is 8.70. The van der Waals surface area contributed by atoms with Crippen molar-refractivity contribution in [2.75, 3.05) is 26.2 Å². The van der Waals surface area contributed by atoms with Gasteiger partial charge in [-0.25, -0.2) is 0 Å². The van der Waals surface area contributed by atoms with Crippen LogP contribution in [-0.4, -0.2) is 53.0 Å². The Balaban J connectivity index is 1.63. The number of hydrogen-bond acceptors (Lipinski definition) is 3. The molecule has 3 rings (SSSR count). The van der Waals surface area contributed by atoms with E-state index in [9.17, 15) is 9.90 Å². The van der Waals surface area contributed by atoms with Crippen molar-refractivity contribution in [2.45, 2.75) is 38.6 Å². The number of phenols is 1. The molecule has 130 valence electrons. The molecule has 2 fully saturated rings. The maximum Gasteiger partial charge on any atom is 0.222 e. The molecule has 2 heterocycles. The highest BCUT2D eigenvalue weighted by atomic mass is 35.5. The van der Waals surface area contributed by atoms with E-state index < -0.39 is 0 Å². The molecule has 0 aromatic heterocycles. The van der Waals surface area contributed by atoms with E-state index in [1.165, 1.54) is 5.57 Å². The minimum atomic E-state index is 0.248. The van der Waals surface area contributed by atoms with Crippen molar-refractivity contribution >= 4 is 23.6 Å². The third-order valence-electron chi connectivity index (χ3n) is 4.90. The van der Waals surface area contributed by atoms with Crippen LogP contribution in [0.1, 0.15) is 38.2 Å². The van der Waals surface area contributed by atoms with Gasteiger partial charge < -0.3 is 10.0 Å². The summed E-state index contributed by atoms with van der Waals surface area (Å²) < 4.78 is 0. The summed E-state index contributed by atoms with van der Waals surface area (Å²) >= 11 is 6.01. The van der Waals surface area contributed by atoms with E-state index in [0.29, 0.717) is 23.4 Å². The molecule has 2 aliphatic rings. The predicted molar refractivity (Wildman–Crippen MR) is 97.2 cm³/mol. The fraction of sp³-hybridized carbons (Fsp3) is 0.526. The predicted octanol–water partition coefficient (Wildman–Crippen LogP) is 3.54. The summed E-state index contributed by atoms with van der Waals surface area (Å²) in [6.45, 7) is 5.85. The summed E-state index contributed by atoms with van der Waals surface area (Å²) in [5.74, 6) is 0.566. The van der Waals surface area contributed by atoms with Crippen LogP contribution in [0.3, 0.4) is 0 Å². The number of aromatic hydroxyl groups is 1. The van der Waals surface area contributed by atoms with Crippen LogP contribution in [-0.2, 0) is 4.79 Å². The molecule has 0 aliphatic carbocycles. The topological polar surface area (TPSA) is 43.8 Å². The molecule has 4 nitrogen and oxygen atoms in total. The second kappa shape index (κ2) is 7.58. The maximum absolute atomic E-state index is 12.0. The quantitative estimate of drug-likeness (QED) is 0.905. The number of rotatable bonds is 4. The Morgan fingerprint density at radius 3 is 2.96 bits per heavy atom. The van der Waals surface area contributed by atoms with Crippen molar-refractivity contribution in [3.05, 3.63) is 34.4 Å². The summed E-state index contributed by atoms with van der Waals surface area (Å²) in [6, 6.07) is 5.45. The van der Waals surface area contributed by atoms with Crippen LogP contribution in [0.15, 0.2) is 23.8 Å². The molecule has 1 N–H and O–H groups in total. The zero-order valence-corrected chi connectivity index (χ0v) is 14.9. The average molecular weight is 349 g/mol. The highest BCUT2D eigenvalue weighted by Crippen LogP contribution is 2.25. The Morgan fingerprint density at radius 2 is 2.21 bits per heavy atom. The number of halogens is 1. The van der Waals surface area contributed by atoms with Gasteiger partial charge in [-0.1, -0.05) is 23.3 Å². The second-order valence-electron chi connectivity index (χ2n) is 6.92. The number of amides is 1. The molecule has 1 aromatic rings. The Kier molecular flexibility index (Phi) is 5.47. The number of carbonyl (C=O) groups excluding carboxylic acids is 1. The van der Waals surface area contributed by atoms with Crippen LogP contribution in [0.2, 0.25) is 5.02 Å². The summed E-state index contributed by atoms with van der Waals surface area (Å²) in [5, 5.41) is 10.6. The molecule has 1 unspecified atom stereocenters. The van der Waals surface area contributed by atoms with E-state index in [4.69, 9.17) is 11.6 Å². The van der Waals surface area contributed by atoms with Crippen molar-refractivity contribution in [3.8, 4) is 5.75 Å². The van der Waals surface area contributed by atoms with Gasteiger partial charge in [-0.05, 0) is 50.9 Å². The molecule has 2 saturated heterocycles. The van der Waals surface area contributed by atoms with E-state index in [1.807, 2.05) is 6.08 Å². The molecule has 1 amide bonds. The molecule has 0 bridgehead atoms. The number of phenolic OH excluding ortho intramolecular Hbond substituents is 1. The minimum Gasteiger partial charge on any atom is -0.507 e. The van der Waals surface area contributed by atoms with Gasteiger partial charge in [0.2, 0.25) is 5.91 Å². The summed E-state index contributed by atoms with van der Waals surface area (Å²) in [7, 11) is 0. The fourth-order valence-electron chi connectivity index (χ4n) is 3.79. The second-order valence-corrected chi connectivity index (χ2v) is 7.35. The summed E-state index contributed by atoms with van der Waals surface area (Å²) in [4.78, 5) is 16.5. The fourth-order valence-corrected chi connectivity index (χ4v) is 3.97. The Labute approximate surface area is 148 Å². The molecule has 0 spiro atoms. The molecular formula is C19H25ClN2O2. The molecule has 0 radical (unpaired) electrons. The lowest BCUT2D eigenvalue weighted by Crippen LogP contribution is -2.48. The van der Waals surface area contributed by atoms with E-state index in [-0.39, 0.29) is 5.75 Å². The third kappa shape index (κ3) is 4.11. The number of nitrogens with zero attached hydrogens (tertiary/aromatic N) is 2. The molecule has 5 heteroatoms. The summed E-state index contributed by atoms with van der Waals surface area (Å²) in [6.07, 6.45) is 5.95. The number of likely N-dealkylation sites (tertiary alicyclic amines) is 2. The highest BCUT2D eigenvalue weighted by molar-refractivity contribution is 6.30. The molecule has 1 aromatic carbocycles. The Bertz CT molecular complexity index is 644. The SMILES string of the molecule is CC(=Cc1cc(Cl)ccc1O)CN1CCCC(N2CCCC2=O)C1. The largest absolute Gasteiger partial charge is 0.507 e. The van der Waals surface area contributed by atoms with Crippen LogP contribution in [0.25, 0.3) is 6.08 Å². The van der Waals surface area contributed by atoms with Crippen molar-refractivity contribution in [3.63, 3.8) is 0 Å². The van der Waals surface area contributed by atoms with E-state index in [2.05, 4.69) is 16.7 Å². The van der Waals surface area contributed by atoms with Crippen LogP contribution in [0, 0.1) is 0 Å². The monoisotopic (exact) mass is 348 g/mol. The van der Waals surface area contributed by atoms with Gasteiger partial charge >= 0.3 is 0 Å². The number of benzene rings is 1. The number of carbonyl (C=O) groups is 1. The van der Waals surface area contributed by atoms with Crippen molar-refractivity contribution in [1.82, 2.24) is 9.80 Å². The standard InChI is InChI=1S/C19H25ClN2O2/c1-14(10-15-11-16(20)6-7-18(15)23)12-21-8-2-4-17(13-21)22-9-3-5-19(22)24/h6-7,10-11,17,23H,2-5,8-9,12-13H2,1H3. The molecule has 24 heavy (non-hydrogen) atoms. The Morgan fingerprint density at radius 1 is 1.38 bits per heavy atom. The van der Waals surface area contributed by atoms with Gasteiger partial charge in [0.1, 0.15) is 5.75 Å². The molecule has 0 saturated carbocycles. The molecule has 2 aliphatic heterocycles. The minimum absolute atomic E-state index is 0.248. The van der Waals surface area contributed by atoms with Crippen molar-refractivity contribution in [2.24, 2.45) is 0 Å². The van der Waals surface area contributed by atoms with E-state index >= 15 is 0 Å². The van der Waals surface area contributed by atoms with E-state index in [1.54, 1.807) is 18.2 Å². The highest BCUT2D eigenvalue weighted by Gasteiger charge is 2.31. The lowest BCUT2D eigenvalue weighted by atomic mass is 10.0. The van der Waals surface area contributed by atoms with Crippen LogP contribution in [0.5, 0.6) is 5.75 Å². The Hall–Kier alpha value is -1.52. The average Bonchev–Trinajstić information content (AvgIpc) is 2.97. The van der Waals surface area contributed by atoms with Crippen molar-refractivity contribution in [1.29, 1.82) is 0 Å². The van der Waals surface area contributed by atoms with Gasteiger partial charge in [0.05, 0.1) is 0 Å². The van der Waals surface area contributed by atoms with Crippen molar-refractivity contribution < 1.29 is 9.90 Å². The third-order valence-corrected chi connectivity index (χ3v) is 5.13. The normalized spacial score (nSPS) is 23.1. The summed E-state index contributed by atoms with van der Waals surface area (Å²) in [5.41, 5.74) is 1.93. The zero-order chi connectivity index (χ0) is 17.1. The van der Waals surface area contributed by atoms with Crippen LogP contribution >= 0.6 is 11.6 Å². The first-order chi connectivity index (χ1) is 11.5. The zero-order valence-electron chi connectivity index (χ0n) is 14.2. The van der Waals surface area contributed by atoms with Gasteiger partial charge in [-0.3, -0.25) is 9.69 Å². The van der Waals surface area contributed by atoms with Crippen LogP contribution < -0.4 is 0 Å². The van der Waals surface area contributed by atoms with Gasteiger partial charge in [0.25, 0.3) is 0 Å². The van der Waals surface area contributed by atoms with Crippen LogP contribution in [0.4, 0.5) is 0 Å². The lowest BCUT2D eigenvalue weighted by Gasteiger charge is -2.37. The maximum atomic E-state index is 12.0. The first-order valence-corrected chi connectivity index (χ1v) is 9.08. The van der Waals surface area contributed by atoms with Gasteiger partial charge in [-0.2, -0.15) is 0 Å². The molecule has 1 atom stereocenters. The number of piperidine rings is 1.